The van der Waals surface area contributed by atoms with Crippen molar-refractivity contribution in [3.05, 3.63) is 22.8 Å². The maximum absolute atomic E-state index is 4.27. The average molecular weight is 289 g/mol. The van der Waals surface area contributed by atoms with Crippen molar-refractivity contribution in [3.63, 3.8) is 0 Å². The van der Waals surface area contributed by atoms with Gasteiger partial charge in [-0.1, -0.05) is 0 Å². The number of halogens is 1. The van der Waals surface area contributed by atoms with E-state index in [1.165, 1.54) is 29.6 Å². The van der Waals surface area contributed by atoms with Gasteiger partial charge in [-0.3, -0.25) is 0 Å². The normalized spacial score (nSPS) is 10.4. The topological polar surface area (TPSA) is 51.6 Å². The number of nitrogens with zero attached hydrogens (tertiary/aromatic N) is 4. The van der Waals surface area contributed by atoms with Gasteiger partial charge in [-0.25, -0.2) is 15.0 Å². The van der Waals surface area contributed by atoms with Gasteiger partial charge in [-0.05, 0) is 46.1 Å². The van der Waals surface area contributed by atoms with Gasteiger partial charge >= 0.3 is 0 Å². The molecule has 0 aromatic carbocycles. The molecule has 0 atom stereocenters. The zero-order valence-corrected chi connectivity index (χ0v) is 10.4. The van der Waals surface area contributed by atoms with Crippen LogP contribution in [0.1, 0.15) is 5.82 Å². The largest absolute Gasteiger partial charge is 0.226 e. The molecule has 0 spiro atoms. The second-order valence-electron chi connectivity index (χ2n) is 2.39. The van der Waals surface area contributed by atoms with Gasteiger partial charge in [-0.2, -0.15) is 4.37 Å². The second kappa shape index (κ2) is 4.33. The molecule has 0 fully saturated rings. The molecule has 0 bridgehead atoms. The Balaban J connectivity index is 2.25. The van der Waals surface area contributed by atoms with Crippen molar-refractivity contribution in [2.45, 2.75) is 16.3 Å². The summed E-state index contributed by atoms with van der Waals surface area (Å²) in [5.74, 6) is 0.742. The highest BCUT2D eigenvalue weighted by Gasteiger charge is 2.04. The summed E-state index contributed by atoms with van der Waals surface area (Å²) in [5, 5.41) is 0.876. The lowest BCUT2D eigenvalue weighted by atomic mass is 10.6. The van der Waals surface area contributed by atoms with Gasteiger partial charge in [0.1, 0.15) is 21.8 Å². The van der Waals surface area contributed by atoms with Crippen molar-refractivity contribution >= 4 is 39.2 Å². The fourth-order valence-corrected chi connectivity index (χ4v) is 2.92. The van der Waals surface area contributed by atoms with Crippen LogP contribution >= 0.6 is 39.2 Å². The van der Waals surface area contributed by atoms with Crippen LogP contribution < -0.4 is 0 Å². The summed E-state index contributed by atoms with van der Waals surface area (Å²) in [5.41, 5.74) is 0. The minimum Gasteiger partial charge on any atom is -0.226 e. The summed E-state index contributed by atoms with van der Waals surface area (Å²) < 4.78 is 5.59. The van der Waals surface area contributed by atoms with Crippen LogP contribution in [0.5, 0.6) is 0 Å². The SMILES string of the molecule is Cc1nc(Br)cc(Sc2ncns2)n1. The van der Waals surface area contributed by atoms with Crippen LogP contribution in [0.3, 0.4) is 0 Å². The number of aromatic nitrogens is 4. The molecule has 0 N–H and O–H groups in total. The lowest BCUT2D eigenvalue weighted by Crippen LogP contribution is -1.89. The molecular weight excluding hydrogens is 284 g/mol. The van der Waals surface area contributed by atoms with Crippen molar-refractivity contribution < 1.29 is 0 Å². The Morgan fingerprint density at radius 3 is 2.93 bits per heavy atom. The summed E-state index contributed by atoms with van der Waals surface area (Å²) >= 11 is 6.16. The molecule has 4 nitrogen and oxygen atoms in total. The van der Waals surface area contributed by atoms with Crippen molar-refractivity contribution in [3.8, 4) is 0 Å². The number of aryl methyl sites for hydroxylation is 1. The van der Waals surface area contributed by atoms with E-state index in [0.717, 1.165) is 19.8 Å². The number of rotatable bonds is 2. The number of hydrogen-bond acceptors (Lipinski definition) is 6. The molecule has 0 saturated heterocycles. The molecule has 0 unspecified atom stereocenters. The zero-order valence-electron chi connectivity index (χ0n) is 7.14. The second-order valence-corrected chi connectivity index (χ2v) is 5.25. The molecule has 14 heavy (non-hydrogen) atoms. The first-order valence-corrected chi connectivity index (χ1v) is 6.08. The Morgan fingerprint density at radius 1 is 1.43 bits per heavy atom. The fraction of sp³-hybridized carbons (Fsp3) is 0.143. The Kier molecular flexibility index (Phi) is 3.09. The molecule has 0 aliphatic carbocycles. The molecule has 72 valence electrons. The molecule has 0 saturated carbocycles. The molecule has 0 aliphatic rings. The average Bonchev–Trinajstić information content (AvgIpc) is 2.54. The first-order valence-electron chi connectivity index (χ1n) is 3.70. The van der Waals surface area contributed by atoms with Gasteiger partial charge in [0.05, 0.1) is 0 Å². The van der Waals surface area contributed by atoms with E-state index >= 15 is 0 Å². The van der Waals surface area contributed by atoms with Crippen LogP contribution in [-0.4, -0.2) is 19.3 Å². The van der Waals surface area contributed by atoms with E-state index in [-0.39, 0.29) is 0 Å². The quantitative estimate of drug-likeness (QED) is 0.795. The van der Waals surface area contributed by atoms with Crippen molar-refractivity contribution in [2.24, 2.45) is 0 Å². The summed E-state index contributed by atoms with van der Waals surface area (Å²) in [6.07, 6.45) is 1.54. The Hall–Kier alpha value is -0.530. The molecule has 2 aromatic rings. The Labute approximate surface area is 97.5 Å². The highest BCUT2D eigenvalue weighted by Crippen LogP contribution is 2.27. The van der Waals surface area contributed by atoms with Crippen LogP contribution in [0.25, 0.3) is 0 Å². The van der Waals surface area contributed by atoms with Gasteiger partial charge in [0.2, 0.25) is 0 Å². The monoisotopic (exact) mass is 288 g/mol. The van der Waals surface area contributed by atoms with Crippen LogP contribution in [0.4, 0.5) is 0 Å². The van der Waals surface area contributed by atoms with Gasteiger partial charge in [0, 0.05) is 6.07 Å². The smallest absolute Gasteiger partial charge is 0.175 e. The number of hydrogen-bond donors (Lipinski definition) is 0. The van der Waals surface area contributed by atoms with Gasteiger partial charge in [0.25, 0.3) is 0 Å². The van der Waals surface area contributed by atoms with E-state index in [9.17, 15) is 0 Å². The predicted octanol–water partition coefficient (Wildman–Crippen LogP) is 2.55. The zero-order chi connectivity index (χ0) is 9.97. The van der Waals surface area contributed by atoms with Gasteiger partial charge in [-0.15, -0.1) is 0 Å². The first kappa shape index (κ1) is 10.0. The third kappa shape index (κ3) is 2.49. The Morgan fingerprint density at radius 2 is 2.29 bits per heavy atom. The highest BCUT2D eigenvalue weighted by atomic mass is 79.9. The van der Waals surface area contributed by atoms with E-state index in [2.05, 4.69) is 35.3 Å². The van der Waals surface area contributed by atoms with Crippen LogP contribution in [-0.2, 0) is 0 Å². The van der Waals surface area contributed by atoms with E-state index in [0.29, 0.717) is 0 Å². The highest BCUT2D eigenvalue weighted by molar-refractivity contribution is 9.10. The first-order chi connectivity index (χ1) is 6.74. The molecule has 0 aliphatic heterocycles. The maximum atomic E-state index is 4.27. The van der Waals surface area contributed by atoms with E-state index in [4.69, 9.17) is 0 Å². The third-order valence-corrected chi connectivity index (χ3v) is 3.36. The molecule has 0 radical (unpaired) electrons. The van der Waals surface area contributed by atoms with Crippen LogP contribution in [0, 0.1) is 6.92 Å². The molecule has 7 heteroatoms. The summed E-state index contributed by atoms with van der Waals surface area (Å²) in [6, 6.07) is 1.86. The standard InChI is InChI=1S/C7H5BrN4S2/c1-4-11-5(8)2-6(12-4)13-7-9-3-10-14-7/h2-3H,1H3. The van der Waals surface area contributed by atoms with Crippen molar-refractivity contribution in [1.82, 2.24) is 19.3 Å². The van der Waals surface area contributed by atoms with Gasteiger partial charge in [0.15, 0.2) is 4.34 Å². The minimum absolute atomic E-state index is 0.742. The summed E-state index contributed by atoms with van der Waals surface area (Å²) in [6.45, 7) is 1.86. The molecule has 2 rings (SSSR count). The van der Waals surface area contributed by atoms with E-state index in [1.807, 2.05) is 13.0 Å². The predicted molar refractivity (Wildman–Crippen MR) is 58.5 cm³/mol. The lowest BCUT2D eigenvalue weighted by Gasteiger charge is -1.98. The van der Waals surface area contributed by atoms with E-state index in [1.54, 1.807) is 0 Å². The maximum Gasteiger partial charge on any atom is 0.175 e. The fourth-order valence-electron chi connectivity index (χ4n) is 0.855. The van der Waals surface area contributed by atoms with Crippen molar-refractivity contribution in [2.75, 3.05) is 0 Å². The van der Waals surface area contributed by atoms with Crippen molar-refractivity contribution in [1.29, 1.82) is 0 Å². The van der Waals surface area contributed by atoms with Crippen LogP contribution in [0.15, 0.2) is 26.4 Å². The lowest BCUT2D eigenvalue weighted by molar-refractivity contribution is 0.950. The summed E-state index contributed by atoms with van der Waals surface area (Å²) in [4.78, 5) is 12.5. The van der Waals surface area contributed by atoms with E-state index < -0.39 is 0 Å². The van der Waals surface area contributed by atoms with Crippen LogP contribution in [0.2, 0.25) is 0 Å². The third-order valence-electron chi connectivity index (χ3n) is 1.32. The minimum atomic E-state index is 0.742. The molecular formula is C7H5BrN4S2. The molecule has 2 aromatic heterocycles. The van der Waals surface area contributed by atoms with Gasteiger partial charge < -0.3 is 0 Å². The molecule has 0 amide bonds. The Bertz CT molecular complexity index is 411. The summed E-state index contributed by atoms with van der Waals surface area (Å²) in [7, 11) is 0. The molecule has 2 heterocycles.